The molecule has 1 rings (SSSR count). The molecular weight excluding hydrogens is 160 g/mol. The number of ether oxygens (including phenoxy) is 1. The van der Waals surface area contributed by atoms with E-state index >= 15 is 0 Å². The Bertz CT molecular complexity index is 324. The topological polar surface area (TPSA) is 64.1 Å². The zero-order valence-electron chi connectivity index (χ0n) is 6.74. The van der Waals surface area contributed by atoms with Crippen LogP contribution < -0.4 is 11.2 Å². The summed E-state index contributed by atoms with van der Waals surface area (Å²) in [5, 5.41) is 0. The van der Waals surface area contributed by atoms with Gasteiger partial charge in [0.15, 0.2) is 0 Å². The summed E-state index contributed by atoms with van der Waals surface area (Å²) in [6.07, 6.45) is 1.31. The summed E-state index contributed by atoms with van der Waals surface area (Å²) in [4.78, 5) is 24.4. The Morgan fingerprint density at radius 3 is 2.92 bits per heavy atom. The average Bonchev–Trinajstić information content (AvgIpc) is 2.04. The van der Waals surface area contributed by atoms with Crippen LogP contribution in [0, 0.1) is 0 Å². The van der Waals surface area contributed by atoms with Crippen LogP contribution in [0.5, 0.6) is 0 Å². The molecule has 0 spiro atoms. The Balaban J connectivity index is 2.97. The Labute approximate surface area is 68.6 Å². The van der Waals surface area contributed by atoms with E-state index in [2.05, 4.69) is 4.98 Å². The maximum atomic E-state index is 11.0. The van der Waals surface area contributed by atoms with Gasteiger partial charge in [0.05, 0.1) is 0 Å². The standard InChI is InChI=1S/C7H10N2O3/c1-2-12-5-9-6(10)3-4-8-7(9)11/h3-4H,2,5H2,1H3,(H,8,11). The van der Waals surface area contributed by atoms with Crippen molar-refractivity contribution in [3.63, 3.8) is 0 Å². The number of aromatic nitrogens is 2. The smallest absolute Gasteiger partial charge is 0.330 e. The van der Waals surface area contributed by atoms with Crippen molar-refractivity contribution in [1.29, 1.82) is 0 Å². The monoisotopic (exact) mass is 170 g/mol. The Morgan fingerprint density at radius 2 is 2.33 bits per heavy atom. The van der Waals surface area contributed by atoms with E-state index in [9.17, 15) is 9.59 Å². The first-order chi connectivity index (χ1) is 5.75. The molecule has 0 amide bonds. The van der Waals surface area contributed by atoms with Crippen molar-refractivity contribution >= 4 is 0 Å². The van der Waals surface area contributed by atoms with E-state index in [-0.39, 0.29) is 12.3 Å². The van der Waals surface area contributed by atoms with E-state index in [0.29, 0.717) is 6.61 Å². The van der Waals surface area contributed by atoms with Crippen LogP contribution in [0.25, 0.3) is 0 Å². The molecule has 0 saturated carbocycles. The van der Waals surface area contributed by atoms with E-state index in [0.717, 1.165) is 4.57 Å². The van der Waals surface area contributed by atoms with Gasteiger partial charge in [-0.2, -0.15) is 0 Å². The van der Waals surface area contributed by atoms with Gasteiger partial charge in [-0.25, -0.2) is 9.36 Å². The first-order valence-electron chi connectivity index (χ1n) is 3.62. The number of nitrogens with zero attached hydrogens (tertiary/aromatic N) is 1. The van der Waals surface area contributed by atoms with Gasteiger partial charge in [0.1, 0.15) is 6.73 Å². The van der Waals surface area contributed by atoms with Gasteiger partial charge in [-0.3, -0.25) is 4.79 Å². The third kappa shape index (κ3) is 1.82. The molecule has 1 heterocycles. The number of aromatic amines is 1. The number of H-pyrrole nitrogens is 1. The van der Waals surface area contributed by atoms with Crippen molar-refractivity contribution in [3.05, 3.63) is 33.1 Å². The third-order valence-corrected chi connectivity index (χ3v) is 1.37. The molecule has 12 heavy (non-hydrogen) atoms. The maximum Gasteiger partial charge on any atom is 0.330 e. The number of hydrogen-bond donors (Lipinski definition) is 1. The molecule has 0 saturated heterocycles. The van der Waals surface area contributed by atoms with Crippen LogP contribution in [0.2, 0.25) is 0 Å². The van der Waals surface area contributed by atoms with Gasteiger partial charge >= 0.3 is 5.69 Å². The molecule has 1 aromatic rings. The van der Waals surface area contributed by atoms with Gasteiger partial charge in [0.25, 0.3) is 5.56 Å². The predicted molar refractivity (Wildman–Crippen MR) is 42.9 cm³/mol. The Kier molecular flexibility index (Phi) is 2.82. The van der Waals surface area contributed by atoms with E-state index in [4.69, 9.17) is 4.74 Å². The van der Waals surface area contributed by atoms with E-state index in [1.54, 1.807) is 6.92 Å². The maximum absolute atomic E-state index is 11.0. The van der Waals surface area contributed by atoms with E-state index in [1.807, 2.05) is 0 Å². The second kappa shape index (κ2) is 3.87. The minimum Gasteiger partial charge on any atom is -0.361 e. The molecule has 0 aliphatic carbocycles. The zero-order valence-corrected chi connectivity index (χ0v) is 6.74. The lowest BCUT2D eigenvalue weighted by atomic mass is 10.6. The van der Waals surface area contributed by atoms with Gasteiger partial charge in [-0.05, 0) is 6.92 Å². The fourth-order valence-electron chi connectivity index (χ4n) is 0.757. The quantitative estimate of drug-likeness (QED) is 0.667. The lowest BCUT2D eigenvalue weighted by molar-refractivity contribution is 0.0821. The van der Waals surface area contributed by atoms with Crippen LogP contribution in [0.15, 0.2) is 21.9 Å². The van der Waals surface area contributed by atoms with Gasteiger partial charge < -0.3 is 9.72 Å². The van der Waals surface area contributed by atoms with Crippen LogP contribution in [0.4, 0.5) is 0 Å². The largest absolute Gasteiger partial charge is 0.361 e. The summed E-state index contributed by atoms with van der Waals surface area (Å²) in [5.74, 6) is 0. The van der Waals surface area contributed by atoms with Crippen LogP contribution in [0.3, 0.4) is 0 Å². The summed E-state index contributed by atoms with van der Waals surface area (Å²) >= 11 is 0. The minimum atomic E-state index is -0.448. The van der Waals surface area contributed by atoms with Crippen molar-refractivity contribution in [2.75, 3.05) is 6.61 Å². The lowest BCUT2D eigenvalue weighted by Crippen LogP contribution is -2.34. The fourth-order valence-corrected chi connectivity index (χ4v) is 0.757. The molecule has 0 fully saturated rings. The molecule has 66 valence electrons. The molecular formula is C7H10N2O3. The van der Waals surface area contributed by atoms with Crippen molar-refractivity contribution < 1.29 is 4.74 Å². The van der Waals surface area contributed by atoms with Crippen LogP contribution >= 0.6 is 0 Å². The van der Waals surface area contributed by atoms with Crippen molar-refractivity contribution in [1.82, 2.24) is 9.55 Å². The summed E-state index contributed by atoms with van der Waals surface area (Å²) in [6.45, 7) is 2.27. The first kappa shape index (κ1) is 8.73. The number of rotatable bonds is 3. The van der Waals surface area contributed by atoms with Crippen LogP contribution in [-0.2, 0) is 11.5 Å². The summed E-state index contributed by atoms with van der Waals surface area (Å²) in [7, 11) is 0. The number of hydrogen-bond acceptors (Lipinski definition) is 3. The molecule has 5 nitrogen and oxygen atoms in total. The van der Waals surface area contributed by atoms with Crippen molar-refractivity contribution in [2.45, 2.75) is 13.7 Å². The number of nitrogens with one attached hydrogen (secondary N) is 1. The minimum absolute atomic E-state index is 0.00546. The predicted octanol–water partition coefficient (Wildman–Crippen LogP) is -0.469. The second-order valence-electron chi connectivity index (χ2n) is 2.17. The molecule has 0 atom stereocenters. The molecule has 0 aromatic carbocycles. The summed E-state index contributed by atoms with van der Waals surface area (Å²) in [6, 6.07) is 1.28. The third-order valence-electron chi connectivity index (χ3n) is 1.37. The fraction of sp³-hybridized carbons (Fsp3) is 0.429. The van der Waals surface area contributed by atoms with Gasteiger partial charge in [0.2, 0.25) is 0 Å². The summed E-state index contributed by atoms with van der Waals surface area (Å²) in [5.41, 5.74) is -0.803. The molecule has 0 radical (unpaired) electrons. The van der Waals surface area contributed by atoms with Gasteiger partial charge in [-0.15, -0.1) is 0 Å². The average molecular weight is 170 g/mol. The highest BCUT2D eigenvalue weighted by atomic mass is 16.5. The molecule has 5 heteroatoms. The van der Waals surface area contributed by atoms with E-state index in [1.165, 1.54) is 12.3 Å². The zero-order chi connectivity index (χ0) is 8.97. The molecule has 0 aliphatic heterocycles. The molecule has 1 aromatic heterocycles. The van der Waals surface area contributed by atoms with Crippen LogP contribution in [0.1, 0.15) is 6.92 Å². The van der Waals surface area contributed by atoms with E-state index < -0.39 is 5.69 Å². The Hall–Kier alpha value is -1.36. The normalized spacial score (nSPS) is 10.1. The van der Waals surface area contributed by atoms with Gasteiger partial charge in [-0.1, -0.05) is 0 Å². The second-order valence-corrected chi connectivity index (χ2v) is 2.17. The first-order valence-corrected chi connectivity index (χ1v) is 3.62. The highest BCUT2D eigenvalue weighted by Gasteiger charge is 1.97. The molecule has 0 aliphatic rings. The van der Waals surface area contributed by atoms with Crippen LogP contribution in [-0.4, -0.2) is 16.2 Å². The molecule has 1 N–H and O–H groups in total. The highest BCUT2D eigenvalue weighted by molar-refractivity contribution is 4.81. The summed E-state index contributed by atoms with van der Waals surface area (Å²) < 4.78 is 5.91. The highest BCUT2D eigenvalue weighted by Crippen LogP contribution is 1.75. The van der Waals surface area contributed by atoms with Crippen molar-refractivity contribution in [3.8, 4) is 0 Å². The SMILES string of the molecule is CCOCn1c(=O)cc[nH]c1=O. The molecule has 0 unspecified atom stereocenters. The lowest BCUT2D eigenvalue weighted by Gasteiger charge is -2.01. The van der Waals surface area contributed by atoms with Crippen molar-refractivity contribution in [2.24, 2.45) is 0 Å². The molecule has 0 bridgehead atoms. The van der Waals surface area contributed by atoms with Gasteiger partial charge in [0, 0.05) is 18.9 Å². The Morgan fingerprint density at radius 1 is 1.58 bits per heavy atom.